The number of nitro benzene ring substituents is 1. The van der Waals surface area contributed by atoms with Crippen molar-refractivity contribution in [2.24, 2.45) is 0 Å². The molecule has 5 nitrogen and oxygen atoms in total. The zero-order chi connectivity index (χ0) is 14.5. The van der Waals surface area contributed by atoms with Gasteiger partial charge in [-0.15, -0.1) is 0 Å². The Labute approximate surface area is 130 Å². The highest BCUT2D eigenvalue weighted by atomic mass is 127. The van der Waals surface area contributed by atoms with Crippen molar-refractivity contribution in [2.75, 3.05) is 18.5 Å². The number of anilines is 1. The fraction of sp³-hybridized carbons (Fsp3) is 0.538. The average molecular weight is 394 g/mol. The van der Waals surface area contributed by atoms with Crippen LogP contribution in [0.3, 0.4) is 0 Å². The number of hydrogen-bond donors (Lipinski definition) is 1. The van der Waals surface area contributed by atoms with Crippen LogP contribution in [0.25, 0.3) is 0 Å². The number of halogens is 2. The second-order valence-electron chi connectivity index (χ2n) is 4.74. The minimum absolute atomic E-state index is 0.0969. The van der Waals surface area contributed by atoms with Gasteiger partial charge in [0.1, 0.15) is 11.5 Å². The lowest BCUT2D eigenvalue weighted by Crippen LogP contribution is -2.22. The van der Waals surface area contributed by atoms with Gasteiger partial charge in [0.25, 0.3) is 5.69 Å². The highest BCUT2D eigenvalue weighted by molar-refractivity contribution is 14.1. The first-order chi connectivity index (χ1) is 9.58. The van der Waals surface area contributed by atoms with Crippen LogP contribution in [0.4, 0.5) is 15.8 Å². The molecule has 0 spiro atoms. The number of rotatable bonds is 5. The summed E-state index contributed by atoms with van der Waals surface area (Å²) in [7, 11) is 0. The first-order valence-corrected chi connectivity index (χ1v) is 7.64. The summed E-state index contributed by atoms with van der Waals surface area (Å²) in [5, 5.41) is 13.9. The van der Waals surface area contributed by atoms with Gasteiger partial charge in [0.05, 0.1) is 14.6 Å². The van der Waals surface area contributed by atoms with E-state index in [0.29, 0.717) is 6.54 Å². The van der Waals surface area contributed by atoms with Gasteiger partial charge in [0.2, 0.25) is 0 Å². The third-order valence-electron chi connectivity index (χ3n) is 3.29. The molecule has 1 aliphatic rings. The van der Waals surface area contributed by atoms with Crippen LogP contribution in [-0.2, 0) is 4.74 Å². The molecule has 1 saturated heterocycles. The Hall–Kier alpha value is -0.960. The minimum atomic E-state index is -0.499. The third kappa shape index (κ3) is 4.02. The van der Waals surface area contributed by atoms with Crippen LogP contribution in [0.1, 0.15) is 25.7 Å². The maximum absolute atomic E-state index is 13.5. The summed E-state index contributed by atoms with van der Waals surface area (Å²) < 4.78 is 19.3. The zero-order valence-electron chi connectivity index (χ0n) is 10.9. The van der Waals surface area contributed by atoms with Crippen molar-refractivity contribution in [3.05, 3.63) is 31.6 Å². The Morgan fingerprint density at radius 2 is 2.30 bits per heavy atom. The second-order valence-corrected chi connectivity index (χ2v) is 5.91. The van der Waals surface area contributed by atoms with Gasteiger partial charge < -0.3 is 10.1 Å². The topological polar surface area (TPSA) is 64.4 Å². The Bertz CT molecular complexity index is 493. The summed E-state index contributed by atoms with van der Waals surface area (Å²) in [6.45, 7) is 1.31. The molecule has 0 bridgehead atoms. The highest BCUT2D eigenvalue weighted by Gasteiger charge is 2.18. The molecule has 1 fully saturated rings. The lowest BCUT2D eigenvalue weighted by atomic mass is 10.1. The largest absolute Gasteiger partial charge is 0.379 e. The Morgan fingerprint density at radius 1 is 1.50 bits per heavy atom. The van der Waals surface area contributed by atoms with Crippen molar-refractivity contribution in [3.8, 4) is 0 Å². The van der Waals surface area contributed by atoms with Gasteiger partial charge in [-0.3, -0.25) is 10.1 Å². The quantitative estimate of drug-likeness (QED) is 0.470. The summed E-state index contributed by atoms with van der Waals surface area (Å²) in [5.74, 6) is -0.451. The van der Waals surface area contributed by atoms with Crippen molar-refractivity contribution in [2.45, 2.75) is 31.8 Å². The molecule has 1 aliphatic heterocycles. The van der Waals surface area contributed by atoms with Crippen LogP contribution < -0.4 is 5.32 Å². The van der Waals surface area contributed by atoms with Crippen LogP contribution in [-0.4, -0.2) is 24.2 Å². The van der Waals surface area contributed by atoms with Crippen LogP contribution in [0, 0.1) is 19.5 Å². The maximum Gasteiger partial charge on any atom is 0.293 e. The maximum atomic E-state index is 13.5. The number of nitrogens with zero attached hydrogens (tertiary/aromatic N) is 1. The molecule has 1 heterocycles. The summed E-state index contributed by atoms with van der Waals surface area (Å²) >= 11 is 1.75. The van der Waals surface area contributed by atoms with E-state index in [-0.39, 0.29) is 21.0 Å². The van der Waals surface area contributed by atoms with E-state index in [1.807, 2.05) is 0 Å². The van der Waals surface area contributed by atoms with Crippen LogP contribution in [0.15, 0.2) is 12.1 Å². The molecular weight excluding hydrogens is 378 g/mol. The second kappa shape index (κ2) is 7.16. The SMILES string of the molecule is O=[N+]([O-])c1cc(I)c(F)cc1NCCC1CCCCO1. The van der Waals surface area contributed by atoms with Gasteiger partial charge in [-0.1, -0.05) is 0 Å². The molecule has 0 aliphatic carbocycles. The molecule has 1 aromatic rings. The standard InChI is InChI=1S/C13H16FIN2O3/c14-10-7-12(13(17(18)19)8-11(10)15)16-5-4-9-3-1-2-6-20-9/h7-9,16H,1-6H2. The Kier molecular flexibility index (Phi) is 5.53. The van der Waals surface area contributed by atoms with Crippen molar-refractivity contribution in [1.82, 2.24) is 0 Å². The molecule has 0 radical (unpaired) electrons. The van der Waals surface area contributed by atoms with E-state index in [4.69, 9.17) is 4.74 Å². The molecular formula is C13H16FIN2O3. The predicted octanol–water partition coefficient (Wildman–Crippen LogP) is 3.71. The van der Waals surface area contributed by atoms with Gasteiger partial charge >= 0.3 is 0 Å². The fourth-order valence-electron chi connectivity index (χ4n) is 2.23. The third-order valence-corrected chi connectivity index (χ3v) is 4.12. The summed E-state index contributed by atoms with van der Waals surface area (Å²) in [6, 6.07) is 2.43. The Morgan fingerprint density at radius 3 is 2.95 bits per heavy atom. The molecule has 1 aromatic carbocycles. The van der Waals surface area contributed by atoms with Gasteiger partial charge in [-0.05, 0) is 48.3 Å². The van der Waals surface area contributed by atoms with E-state index in [2.05, 4.69) is 5.32 Å². The number of nitrogens with one attached hydrogen (secondary N) is 1. The van der Waals surface area contributed by atoms with Crippen molar-refractivity contribution in [1.29, 1.82) is 0 Å². The molecule has 20 heavy (non-hydrogen) atoms. The van der Waals surface area contributed by atoms with Crippen LogP contribution >= 0.6 is 22.6 Å². The van der Waals surface area contributed by atoms with E-state index in [1.54, 1.807) is 22.6 Å². The molecule has 1 N–H and O–H groups in total. The lowest BCUT2D eigenvalue weighted by Gasteiger charge is -2.22. The zero-order valence-corrected chi connectivity index (χ0v) is 13.1. The molecule has 0 aromatic heterocycles. The monoisotopic (exact) mass is 394 g/mol. The van der Waals surface area contributed by atoms with Crippen LogP contribution in [0.5, 0.6) is 0 Å². The molecule has 110 valence electrons. The van der Waals surface area contributed by atoms with E-state index in [9.17, 15) is 14.5 Å². The number of hydrogen-bond acceptors (Lipinski definition) is 4. The van der Waals surface area contributed by atoms with E-state index >= 15 is 0 Å². The molecule has 7 heteroatoms. The predicted molar refractivity (Wildman–Crippen MR) is 82.5 cm³/mol. The first-order valence-electron chi connectivity index (χ1n) is 6.57. The normalized spacial score (nSPS) is 18.8. The van der Waals surface area contributed by atoms with Gasteiger partial charge in [-0.2, -0.15) is 0 Å². The smallest absolute Gasteiger partial charge is 0.293 e. The number of benzene rings is 1. The van der Waals surface area contributed by atoms with Crippen molar-refractivity contribution >= 4 is 34.0 Å². The number of nitro groups is 1. The highest BCUT2D eigenvalue weighted by Crippen LogP contribution is 2.28. The number of ether oxygens (including phenoxy) is 1. The molecule has 2 rings (SSSR count). The lowest BCUT2D eigenvalue weighted by molar-refractivity contribution is -0.384. The van der Waals surface area contributed by atoms with E-state index in [1.165, 1.54) is 12.1 Å². The Balaban J connectivity index is 1.97. The summed E-state index contributed by atoms with van der Waals surface area (Å²) in [6.07, 6.45) is 4.24. The van der Waals surface area contributed by atoms with Crippen molar-refractivity contribution in [3.63, 3.8) is 0 Å². The molecule has 1 unspecified atom stereocenters. The van der Waals surface area contributed by atoms with E-state index in [0.717, 1.165) is 32.3 Å². The fourth-order valence-corrected chi connectivity index (χ4v) is 2.68. The van der Waals surface area contributed by atoms with Crippen molar-refractivity contribution < 1.29 is 14.1 Å². The van der Waals surface area contributed by atoms with Gasteiger partial charge in [0, 0.05) is 25.3 Å². The summed E-state index contributed by atoms with van der Waals surface area (Å²) in [5.41, 5.74) is 0.129. The molecule has 0 saturated carbocycles. The van der Waals surface area contributed by atoms with Gasteiger partial charge in [0.15, 0.2) is 0 Å². The van der Waals surface area contributed by atoms with Gasteiger partial charge in [-0.25, -0.2) is 4.39 Å². The minimum Gasteiger partial charge on any atom is -0.379 e. The average Bonchev–Trinajstić information content (AvgIpc) is 2.43. The van der Waals surface area contributed by atoms with E-state index < -0.39 is 10.7 Å². The summed E-state index contributed by atoms with van der Waals surface area (Å²) in [4.78, 5) is 10.5. The molecule has 0 amide bonds. The first kappa shape index (κ1) is 15.4. The molecule has 1 atom stereocenters. The van der Waals surface area contributed by atoms with Crippen LogP contribution in [0.2, 0.25) is 0 Å².